The molecule has 2 heterocycles. The molecular formula is C25H40N4O3. The number of hydrogen-bond acceptors (Lipinski definition) is 5. The number of anilines is 1. The van der Waals surface area contributed by atoms with Crippen LogP contribution < -0.4 is 4.90 Å². The smallest absolute Gasteiger partial charge is 0.410 e. The molecule has 32 heavy (non-hydrogen) atoms. The summed E-state index contributed by atoms with van der Waals surface area (Å²) in [5.41, 5.74) is 1.64. The van der Waals surface area contributed by atoms with Gasteiger partial charge in [0.25, 0.3) is 0 Å². The Kier molecular flexibility index (Phi) is 7.38. The molecule has 0 radical (unpaired) electrons. The highest BCUT2D eigenvalue weighted by Crippen LogP contribution is 2.32. The maximum absolute atomic E-state index is 13.2. The van der Waals surface area contributed by atoms with Crippen LogP contribution in [-0.2, 0) is 9.53 Å². The van der Waals surface area contributed by atoms with Crippen LogP contribution in [0.4, 0.5) is 10.5 Å². The van der Waals surface area contributed by atoms with E-state index in [0.29, 0.717) is 13.1 Å². The van der Waals surface area contributed by atoms with Crippen molar-refractivity contribution in [1.82, 2.24) is 14.7 Å². The van der Waals surface area contributed by atoms with Crippen LogP contribution in [0.15, 0.2) is 24.3 Å². The van der Waals surface area contributed by atoms with E-state index in [-0.39, 0.29) is 30.0 Å². The molecule has 0 aromatic heterocycles. The van der Waals surface area contributed by atoms with Crippen molar-refractivity contribution in [1.29, 1.82) is 0 Å². The van der Waals surface area contributed by atoms with E-state index in [1.54, 1.807) is 0 Å². The van der Waals surface area contributed by atoms with Gasteiger partial charge in [-0.25, -0.2) is 4.79 Å². The van der Waals surface area contributed by atoms with Gasteiger partial charge < -0.3 is 19.4 Å². The number of nitrogens with zero attached hydrogens (tertiary/aromatic N) is 4. The number of hydrogen-bond donors (Lipinski definition) is 0. The Balaban J connectivity index is 1.91. The van der Waals surface area contributed by atoms with Gasteiger partial charge in [-0.2, -0.15) is 0 Å². The summed E-state index contributed by atoms with van der Waals surface area (Å²) in [7, 11) is 2.15. The van der Waals surface area contributed by atoms with E-state index in [9.17, 15) is 9.59 Å². The van der Waals surface area contributed by atoms with Crippen molar-refractivity contribution >= 4 is 17.7 Å². The van der Waals surface area contributed by atoms with Gasteiger partial charge in [0.05, 0.1) is 6.04 Å². The number of benzene rings is 1. The van der Waals surface area contributed by atoms with Crippen LogP contribution in [0.3, 0.4) is 0 Å². The van der Waals surface area contributed by atoms with Gasteiger partial charge >= 0.3 is 6.09 Å². The minimum atomic E-state index is -0.572. The fourth-order valence-electron chi connectivity index (χ4n) is 4.42. The summed E-state index contributed by atoms with van der Waals surface area (Å²) < 4.78 is 5.75. The number of likely N-dealkylation sites (N-methyl/N-ethyl adjacent to an activating group) is 1. The second-order valence-corrected chi connectivity index (χ2v) is 10.5. The molecule has 0 unspecified atom stereocenters. The highest BCUT2D eigenvalue weighted by Gasteiger charge is 2.39. The molecule has 2 atom stereocenters. The van der Waals surface area contributed by atoms with Gasteiger partial charge in [0.1, 0.15) is 5.60 Å². The highest BCUT2D eigenvalue weighted by molar-refractivity contribution is 5.79. The standard InChI is InChI=1S/C25H40N4O3/c1-18(2)23(30)28-17-22(29(16-19(28)3)24(31)32-25(4,5)6)20-9-8-10-21(15-20)27-13-11-26(7)12-14-27/h8-10,15,18-19,22H,11-14,16-17H2,1-7H3/t19-,22-/m1/s1. The van der Waals surface area contributed by atoms with Crippen molar-refractivity contribution < 1.29 is 14.3 Å². The molecule has 0 N–H and O–H groups in total. The first-order chi connectivity index (χ1) is 15.0. The zero-order valence-corrected chi connectivity index (χ0v) is 20.8. The number of amides is 2. The Labute approximate surface area is 193 Å². The molecule has 0 spiro atoms. The molecule has 2 amide bonds. The predicted octanol–water partition coefficient (Wildman–Crippen LogP) is 3.60. The Morgan fingerprint density at radius 1 is 1.03 bits per heavy atom. The molecule has 3 rings (SSSR count). The van der Waals surface area contributed by atoms with Gasteiger partial charge in [-0.05, 0) is 52.4 Å². The van der Waals surface area contributed by atoms with Crippen LogP contribution in [0.1, 0.15) is 53.1 Å². The van der Waals surface area contributed by atoms with Crippen molar-refractivity contribution in [2.45, 2.75) is 59.2 Å². The van der Waals surface area contributed by atoms with Crippen molar-refractivity contribution in [3.8, 4) is 0 Å². The fraction of sp³-hybridized carbons (Fsp3) is 0.680. The number of carbonyl (C=O) groups is 2. The second kappa shape index (κ2) is 9.69. The van der Waals surface area contributed by atoms with E-state index in [1.165, 1.54) is 5.69 Å². The zero-order valence-electron chi connectivity index (χ0n) is 20.8. The summed E-state index contributed by atoms with van der Waals surface area (Å²) in [6.07, 6.45) is -0.323. The summed E-state index contributed by atoms with van der Waals surface area (Å²) in [4.78, 5) is 34.5. The van der Waals surface area contributed by atoms with E-state index in [0.717, 1.165) is 31.7 Å². The Hall–Kier alpha value is -2.28. The molecule has 7 nitrogen and oxygen atoms in total. The Morgan fingerprint density at radius 2 is 1.69 bits per heavy atom. The van der Waals surface area contributed by atoms with Gasteiger partial charge in [-0.3, -0.25) is 9.69 Å². The van der Waals surface area contributed by atoms with Gasteiger partial charge in [0.15, 0.2) is 0 Å². The lowest BCUT2D eigenvalue weighted by Crippen LogP contribution is -2.58. The van der Waals surface area contributed by atoms with E-state index >= 15 is 0 Å². The maximum Gasteiger partial charge on any atom is 0.410 e. The minimum Gasteiger partial charge on any atom is -0.444 e. The molecule has 0 bridgehead atoms. The lowest BCUT2D eigenvalue weighted by atomic mass is 9.98. The normalized spacial score (nSPS) is 22.9. The molecule has 1 aromatic carbocycles. The van der Waals surface area contributed by atoms with Crippen LogP contribution in [0, 0.1) is 5.92 Å². The molecule has 0 saturated carbocycles. The predicted molar refractivity (Wildman–Crippen MR) is 128 cm³/mol. The van der Waals surface area contributed by atoms with Crippen LogP contribution in [0.2, 0.25) is 0 Å². The topological polar surface area (TPSA) is 56.3 Å². The van der Waals surface area contributed by atoms with Crippen molar-refractivity contribution in [3.63, 3.8) is 0 Å². The van der Waals surface area contributed by atoms with Crippen LogP contribution in [0.5, 0.6) is 0 Å². The molecule has 2 aliphatic heterocycles. The third-order valence-corrected chi connectivity index (χ3v) is 6.27. The SMILES string of the molecule is CC(C)C(=O)N1C[C@H](c2cccc(N3CCN(C)CC3)c2)N(C(=O)OC(C)(C)C)C[C@H]1C. The van der Waals surface area contributed by atoms with E-state index in [4.69, 9.17) is 4.74 Å². The molecule has 0 aliphatic carbocycles. The van der Waals surface area contributed by atoms with Crippen molar-refractivity contribution in [2.75, 3.05) is 51.2 Å². The monoisotopic (exact) mass is 444 g/mol. The summed E-state index contributed by atoms with van der Waals surface area (Å²) in [6, 6.07) is 8.14. The quantitative estimate of drug-likeness (QED) is 0.713. The third-order valence-electron chi connectivity index (χ3n) is 6.27. The first-order valence-electron chi connectivity index (χ1n) is 11.8. The van der Waals surface area contributed by atoms with Crippen LogP contribution >= 0.6 is 0 Å². The van der Waals surface area contributed by atoms with E-state index in [1.807, 2.05) is 51.3 Å². The van der Waals surface area contributed by atoms with E-state index in [2.05, 4.69) is 41.1 Å². The number of piperazine rings is 2. The second-order valence-electron chi connectivity index (χ2n) is 10.5. The Bertz CT molecular complexity index is 812. The number of ether oxygens (including phenoxy) is 1. The zero-order chi connectivity index (χ0) is 23.6. The largest absolute Gasteiger partial charge is 0.444 e. The number of rotatable bonds is 3. The van der Waals surface area contributed by atoms with Crippen molar-refractivity contribution in [3.05, 3.63) is 29.8 Å². The van der Waals surface area contributed by atoms with Crippen LogP contribution in [-0.4, -0.2) is 84.7 Å². The number of carbonyl (C=O) groups excluding carboxylic acids is 2. The average molecular weight is 445 g/mol. The highest BCUT2D eigenvalue weighted by atomic mass is 16.6. The molecule has 178 valence electrons. The average Bonchev–Trinajstić information content (AvgIpc) is 2.72. The van der Waals surface area contributed by atoms with Crippen LogP contribution in [0.25, 0.3) is 0 Å². The first kappa shape index (κ1) is 24.4. The lowest BCUT2D eigenvalue weighted by molar-refractivity contribution is -0.140. The van der Waals surface area contributed by atoms with Crippen molar-refractivity contribution in [2.24, 2.45) is 5.92 Å². The van der Waals surface area contributed by atoms with Gasteiger partial charge in [0.2, 0.25) is 5.91 Å². The van der Waals surface area contributed by atoms with Gasteiger partial charge in [-0.1, -0.05) is 26.0 Å². The molecule has 2 fully saturated rings. The first-order valence-corrected chi connectivity index (χ1v) is 11.8. The summed E-state index contributed by atoms with van der Waals surface area (Å²) in [5, 5.41) is 0. The van der Waals surface area contributed by atoms with Gasteiger partial charge in [0, 0.05) is 56.9 Å². The third kappa shape index (κ3) is 5.74. The maximum atomic E-state index is 13.2. The van der Waals surface area contributed by atoms with Gasteiger partial charge in [-0.15, -0.1) is 0 Å². The minimum absolute atomic E-state index is 0.0607. The summed E-state index contributed by atoms with van der Waals surface area (Å²) in [5.74, 6) is 0.0458. The molecular weight excluding hydrogens is 404 g/mol. The fourth-order valence-corrected chi connectivity index (χ4v) is 4.42. The molecule has 1 aromatic rings. The lowest BCUT2D eigenvalue weighted by Gasteiger charge is -2.46. The molecule has 7 heteroatoms. The summed E-state index contributed by atoms with van der Waals surface area (Å²) in [6.45, 7) is 16.5. The van der Waals surface area contributed by atoms with E-state index < -0.39 is 5.60 Å². The molecule has 2 aliphatic rings. The summed E-state index contributed by atoms with van der Waals surface area (Å²) >= 11 is 0. The Morgan fingerprint density at radius 3 is 2.28 bits per heavy atom. The molecule has 2 saturated heterocycles.